The highest BCUT2D eigenvalue weighted by atomic mass is 35.5. The Labute approximate surface area is 186 Å². The van der Waals surface area contributed by atoms with Crippen LogP contribution in [0.2, 0.25) is 0 Å². The van der Waals surface area contributed by atoms with Gasteiger partial charge in [0.15, 0.2) is 0 Å². The summed E-state index contributed by atoms with van der Waals surface area (Å²) in [5.41, 5.74) is -2.20. The molecule has 3 aromatic rings. The molecule has 7 nitrogen and oxygen atoms in total. The average molecular weight is 464 g/mol. The lowest BCUT2D eigenvalue weighted by Gasteiger charge is -2.20. The lowest BCUT2D eigenvalue weighted by atomic mass is 10.1. The van der Waals surface area contributed by atoms with Crippen molar-refractivity contribution in [3.8, 4) is 17.0 Å². The van der Waals surface area contributed by atoms with Gasteiger partial charge in [0.1, 0.15) is 17.7 Å². The van der Waals surface area contributed by atoms with Crippen LogP contribution in [0.5, 0.6) is 5.75 Å². The van der Waals surface area contributed by atoms with Crippen molar-refractivity contribution in [3.63, 3.8) is 0 Å². The van der Waals surface area contributed by atoms with Crippen LogP contribution < -0.4 is 15.0 Å². The Bertz CT molecular complexity index is 1100. The Morgan fingerprint density at radius 1 is 1.19 bits per heavy atom. The minimum Gasteiger partial charge on any atom is -0.420 e. The first kappa shape index (κ1) is 21.8. The second kappa shape index (κ2) is 8.99. The van der Waals surface area contributed by atoms with Gasteiger partial charge in [-0.2, -0.15) is 0 Å². The van der Waals surface area contributed by atoms with E-state index < -0.39 is 17.6 Å². The van der Waals surface area contributed by atoms with Crippen molar-refractivity contribution in [2.75, 3.05) is 23.3 Å². The second-order valence-electron chi connectivity index (χ2n) is 7.04. The number of anilines is 2. The van der Waals surface area contributed by atoms with Gasteiger partial charge >= 0.3 is 5.57 Å². The topological polar surface area (TPSA) is 80.2 Å². The lowest BCUT2D eigenvalue weighted by molar-refractivity contribution is -0.0964. The Kier molecular flexibility index (Phi) is 6.13. The Morgan fingerprint density at radius 2 is 1.97 bits per heavy atom. The molecule has 0 radical (unpaired) electrons. The van der Waals surface area contributed by atoms with Gasteiger partial charge < -0.3 is 15.0 Å². The van der Waals surface area contributed by atoms with Crippen molar-refractivity contribution in [2.45, 2.75) is 18.2 Å². The number of hydrogen-bond donors (Lipinski definition) is 1. The molecule has 32 heavy (non-hydrogen) atoms. The number of benzene rings is 1. The average Bonchev–Trinajstić information content (AvgIpc) is 3.20. The van der Waals surface area contributed by atoms with E-state index in [1.165, 1.54) is 49.1 Å². The molecule has 1 aliphatic heterocycles. The van der Waals surface area contributed by atoms with E-state index in [0.717, 1.165) is 0 Å². The molecule has 1 unspecified atom stereocenters. The van der Waals surface area contributed by atoms with Crippen LogP contribution in [0.1, 0.15) is 16.8 Å². The molecule has 1 amide bonds. The van der Waals surface area contributed by atoms with Crippen molar-refractivity contribution < 1.29 is 22.7 Å². The minimum absolute atomic E-state index is 0.157. The van der Waals surface area contributed by atoms with E-state index >= 15 is 0 Å². The molecule has 1 fully saturated rings. The van der Waals surface area contributed by atoms with E-state index in [4.69, 9.17) is 11.6 Å². The number of hydrogen-bond acceptors (Lipinski definition) is 6. The van der Waals surface area contributed by atoms with Crippen molar-refractivity contribution in [1.82, 2.24) is 15.0 Å². The lowest BCUT2D eigenvalue weighted by Crippen LogP contribution is -2.23. The molecule has 1 saturated heterocycles. The van der Waals surface area contributed by atoms with E-state index in [9.17, 15) is 18.0 Å². The maximum absolute atomic E-state index is 13.7. The molecule has 2 aromatic heterocycles. The van der Waals surface area contributed by atoms with Gasteiger partial charge in [0.25, 0.3) is 5.91 Å². The molecule has 1 N–H and O–H groups in total. The summed E-state index contributed by atoms with van der Waals surface area (Å²) in [4.78, 5) is 27.3. The first-order valence-corrected chi connectivity index (χ1v) is 9.99. The predicted molar refractivity (Wildman–Crippen MR) is 113 cm³/mol. The highest BCUT2D eigenvalue weighted by Gasteiger charge is 2.28. The van der Waals surface area contributed by atoms with Gasteiger partial charge in [-0.05, 0) is 36.8 Å². The first-order valence-electron chi connectivity index (χ1n) is 9.61. The number of amides is 1. The fourth-order valence-electron chi connectivity index (χ4n) is 3.31. The third-order valence-electron chi connectivity index (χ3n) is 4.74. The van der Waals surface area contributed by atoms with Crippen LogP contribution in [0, 0.1) is 0 Å². The van der Waals surface area contributed by atoms with Crippen LogP contribution >= 0.6 is 11.6 Å². The molecule has 0 aliphatic carbocycles. The summed E-state index contributed by atoms with van der Waals surface area (Å²) in [7, 11) is 0. The molecule has 0 bridgehead atoms. The van der Waals surface area contributed by atoms with Gasteiger partial charge in [0, 0.05) is 48.0 Å². The zero-order valence-corrected chi connectivity index (χ0v) is 17.3. The van der Waals surface area contributed by atoms with Crippen LogP contribution in [-0.2, 0) is 0 Å². The number of rotatable bonds is 6. The van der Waals surface area contributed by atoms with Crippen molar-refractivity contribution in [2.24, 2.45) is 0 Å². The molecule has 0 saturated carbocycles. The molecule has 166 valence electrons. The molecule has 3 heterocycles. The van der Waals surface area contributed by atoms with Crippen LogP contribution in [0.3, 0.4) is 0 Å². The van der Waals surface area contributed by atoms with E-state index in [1.54, 1.807) is 6.07 Å². The van der Waals surface area contributed by atoms with Crippen LogP contribution in [0.4, 0.5) is 24.7 Å². The zero-order chi connectivity index (χ0) is 22.7. The third-order valence-corrected chi connectivity index (χ3v) is 4.82. The van der Waals surface area contributed by atoms with Crippen molar-refractivity contribution >= 4 is 29.0 Å². The smallest absolute Gasteiger partial charge is 0.420 e. The molecular weight excluding hydrogens is 447 g/mol. The van der Waals surface area contributed by atoms with Crippen molar-refractivity contribution in [3.05, 3.63) is 60.7 Å². The number of halogens is 4. The Hall–Kier alpha value is -3.40. The fraction of sp³-hybridized carbons (Fsp3) is 0.238. The maximum atomic E-state index is 13.7. The highest BCUT2D eigenvalue weighted by Crippen LogP contribution is 2.31. The van der Waals surface area contributed by atoms with Gasteiger partial charge in [-0.15, -0.1) is 8.78 Å². The van der Waals surface area contributed by atoms with Gasteiger partial charge in [0.05, 0.1) is 24.0 Å². The molecule has 1 aromatic carbocycles. The SMILES string of the molecule is O=C(Nc1ccc(OC(F)(F)Cl)cc1)c1cnc(N2CCC(F)C2)c(-c2cnccn2)c1. The van der Waals surface area contributed by atoms with Crippen LogP contribution in [0.25, 0.3) is 11.3 Å². The van der Waals surface area contributed by atoms with Gasteiger partial charge in [0.2, 0.25) is 0 Å². The molecular formula is C21H17ClF3N5O2. The van der Waals surface area contributed by atoms with E-state index in [1.807, 2.05) is 4.90 Å². The number of carbonyl (C=O) groups is 1. The Balaban J connectivity index is 1.57. The Morgan fingerprint density at radius 3 is 2.59 bits per heavy atom. The number of nitrogens with one attached hydrogen (secondary N) is 1. The standard InChI is InChI=1S/C21H17ClF3N5O2/c22-21(24,25)32-16-3-1-15(2-4-16)29-20(31)13-9-17(18-11-26-6-7-27-18)19(28-10-13)30-8-5-14(23)12-30/h1-4,6-7,9-11,14H,5,8,12H2,(H,29,31). The van der Waals surface area contributed by atoms with Crippen LogP contribution in [0.15, 0.2) is 55.1 Å². The summed E-state index contributed by atoms with van der Waals surface area (Å²) in [6, 6.07) is 6.90. The highest BCUT2D eigenvalue weighted by molar-refractivity contribution is 6.20. The fourth-order valence-corrected chi connectivity index (χ4v) is 3.40. The quantitative estimate of drug-likeness (QED) is 0.542. The summed E-state index contributed by atoms with van der Waals surface area (Å²) >= 11 is 4.74. The molecule has 4 rings (SSSR count). The number of pyridine rings is 1. The summed E-state index contributed by atoms with van der Waals surface area (Å²) in [6.45, 7) is 0.713. The molecule has 1 atom stereocenters. The molecule has 1 aliphatic rings. The van der Waals surface area contributed by atoms with Gasteiger partial charge in [-0.25, -0.2) is 9.37 Å². The largest absolute Gasteiger partial charge is 0.487 e. The number of carbonyl (C=O) groups excluding carboxylic acids is 1. The molecule has 11 heteroatoms. The van der Waals surface area contributed by atoms with E-state index in [0.29, 0.717) is 35.7 Å². The normalized spacial score (nSPS) is 16.1. The van der Waals surface area contributed by atoms with Crippen LogP contribution in [-0.4, -0.2) is 45.7 Å². The van der Waals surface area contributed by atoms with E-state index in [-0.39, 0.29) is 17.9 Å². The second-order valence-corrected chi connectivity index (χ2v) is 7.48. The molecule has 0 spiro atoms. The maximum Gasteiger partial charge on any atom is 0.487 e. The number of ether oxygens (including phenoxy) is 1. The van der Waals surface area contributed by atoms with Gasteiger partial charge in [-0.1, -0.05) is 0 Å². The zero-order valence-electron chi connectivity index (χ0n) is 16.5. The predicted octanol–water partition coefficient (Wildman–Crippen LogP) is 4.51. The summed E-state index contributed by atoms with van der Waals surface area (Å²) in [6.07, 6.45) is 5.42. The monoisotopic (exact) mass is 463 g/mol. The van der Waals surface area contributed by atoms with E-state index in [2.05, 4.69) is 25.0 Å². The summed E-state index contributed by atoms with van der Waals surface area (Å²) in [5, 5.41) is 2.66. The first-order chi connectivity index (χ1) is 15.3. The minimum atomic E-state index is -3.83. The number of nitrogens with zero attached hydrogens (tertiary/aromatic N) is 4. The number of alkyl halides is 4. The van der Waals surface area contributed by atoms with Crippen molar-refractivity contribution in [1.29, 1.82) is 0 Å². The summed E-state index contributed by atoms with van der Waals surface area (Å²) < 4.78 is 43.4. The number of aromatic nitrogens is 3. The third kappa shape index (κ3) is 5.25. The van der Waals surface area contributed by atoms with Gasteiger partial charge in [-0.3, -0.25) is 14.8 Å². The summed E-state index contributed by atoms with van der Waals surface area (Å²) in [5.74, 6) is -0.114.